The third-order valence-corrected chi connectivity index (χ3v) is 4.64. The molecule has 0 aromatic heterocycles. The molecule has 0 aliphatic carbocycles. The summed E-state index contributed by atoms with van der Waals surface area (Å²) in [5.41, 5.74) is 1.96. The number of para-hydroxylation sites is 2. The Morgan fingerprint density at radius 2 is 1.86 bits per heavy atom. The van der Waals surface area contributed by atoms with E-state index in [4.69, 9.17) is 4.74 Å². The van der Waals surface area contributed by atoms with E-state index in [2.05, 4.69) is 5.32 Å². The van der Waals surface area contributed by atoms with Crippen molar-refractivity contribution in [3.63, 3.8) is 0 Å². The van der Waals surface area contributed by atoms with Gasteiger partial charge in [0, 0.05) is 5.69 Å². The second-order valence-electron chi connectivity index (χ2n) is 6.38. The van der Waals surface area contributed by atoms with Crippen molar-refractivity contribution in [2.45, 2.75) is 13.1 Å². The largest absolute Gasteiger partial charge is 0.504 e. The molecule has 2 N–H and O–H groups in total. The Hall–Kier alpha value is -3.54. The average molecular weight is 378 g/mol. The number of hydrogen-bond donors (Lipinski definition) is 2. The molecule has 0 bridgehead atoms. The first-order valence-corrected chi connectivity index (χ1v) is 8.99. The number of hydrogen-bond acceptors (Lipinski definition) is 4. The van der Waals surface area contributed by atoms with Gasteiger partial charge in [-0.15, -0.1) is 0 Å². The molecule has 142 valence electrons. The zero-order valence-electron chi connectivity index (χ0n) is 15.2. The molecule has 28 heavy (non-hydrogen) atoms. The van der Waals surface area contributed by atoms with Crippen LogP contribution in [0.1, 0.15) is 29.0 Å². The van der Waals surface area contributed by atoms with Crippen LogP contribution < -0.4 is 15.0 Å². The van der Waals surface area contributed by atoms with E-state index in [0.717, 1.165) is 0 Å². The Morgan fingerprint density at radius 1 is 1.11 bits per heavy atom. The normalized spacial score (nSPS) is 15.7. The highest BCUT2D eigenvalue weighted by Gasteiger charge is 2.35. The Labute approximate surface area is 162 Å². The van der Waals surface area contributed by atoms with E-state index < -0.39 is 12.0 Å². The second kappa shape index (κ2) is 7.23. The number of carbonyl (C=O) groups is 1. The Bertz CT molecular complexity index is 1040. The zero-order chi connectivity index (χ0) is 19.7. The predicted molar refractivity (Wildman–Crippen MR) is 105 cm³/mol. The minimum Gasteiger partial charge on any atom is -0.504 e. The lowest BCUT2D eigenvalue weighted by Crippen LogP contribution is -2.43. The molecule has 3 aromatic rings. The number of nitrogens with one attached hydrogen (secondary N) is 1. The number of aromatic hydroxyl groups is 1. The Balaban J connectivity index is 1.87. The summed E-state index contributed by atoms with van der Waals surface area (Å²) in [7, 11) is 0. The minimum atomic E-state index is -0.667. The SMILES string of the molecule is CCOc1cc([C@H]2Nc3ccccc3C(=O)N2c2ccccc2F)ccc1O. The quantitative estimate of drug-likeness (QED) is 0.691. The Kier molecular flexibility index (Phi) is 4.61. The number of amides is 1. The highest BCUT2D eigenvalue weighted by atomic mass is 19.1. The van der Waals surface area contributed by atoms with E-state index in [1.807, 2.05) is 19.1 Å². The molecular weight excluding hydrogens is 359 g/mol. The lowest BCUT2D eigenvalue weighted by atomic mass is 10.0. The number of benzene rings is 3. The topological polar surface area (TPSA) is 61.8 Å². The van der Waals surface area contributed by atoms with Crippen LogP contribution in [-0.4, -0.2) is 17.6 Å². The minimum absolute atomic E-state index is 0.00516. The summed E-state index contributed by atoms with van der Waals surface area (Å²) in [6.45, 7) is 2.20. The van der Waals surface area contributed by atoms with Gasteiger partial charge >= 0.3 is 0 Å². The van der Waals surface area contributed by atoms with E-state index >= 15 is 0 Å². The fraction of sp³-hybridized carbons (Fsp3) is 0.136. The third kappa shape index (κ3) is 3.03. The number of nitrogens with zero attached hydrogens (tertiary/aromatic N) is 1. The van der Waals surface area contributed by atoms with E-state index in [1.54, 1.807) is 42.5 Å². The number of ether oxygens (including phenoxy) is 1. The van der Waals surface area contributed by atoms with Gasteiger partial charge < -0.3 is 15.2 Å². The standard InChI is InChI=1S/C22H19FN2O3/c1-2-28-20-13-14(11-12-19(20)26)21-24-17-9-5-3-7-15(17)22(27)25(21)18-10-6-4-8-16(18)23/h3-13,21,24,26H,2H2,1H3/t21-/m0/s1. The third-order valence-electron chi connectivity index (χ3n) is 4.64. The highest BCUT2D eigenvalue weighted by Crippen LogP contribution is 2.39. The molecule has 1 heterocycles. The summed E-state index contributed by atoms with van der Waals surface area (Å²) in [5, 5.41) is 13.3. The van der Waals surface area contributed by atoms with E-state index in [9.17, 15) is 14.3 Å². The van der Waals surface area contributed by atoms with Crippen LogP contribution in [0.5, 0.6) is 11.5 Å². The second-order valence-corrected chi connectivity index (χ2v) is 6.38. The molecule has 0 unspecified atom stereocenters. The summed E-state index contributed by atoms with van der Waals surface area (Å²) in [6.07, 6.45) is -0.667. The highest BCUT2D eigenvalue weighted by molar-refractivity contribution is 6.12. The summed E-state index contributed by atoms with van der Waals surface area (Å²) in [6, 6.07) is 18.1. The molecule has 6 heteroatoms. The summed E-state index contributed by atoms with van der Waals surface area (Å²) < 4.78 is 20.1. The summed E-state index contributed by atoms with van der Waals surface area (Å²) in [5.74, 6) is -0.492. The average Bonchev–Trinajstić information content (AvgIpc) is 2.71. The van der Waals surface area contributed by atoms with E-state index in [1.165, 1.54) is 17.0 Å². The zero-order valence-corrected chi connectivity index (χ0v) is 15.2. The van der Waals surface area contributed by atoms with Gasteiger partial charge in [0.2, 0.25) is 0 Å². The maximum absolute atomic E-state index is 14.6. The molecule has 1 atom stereocenters. The number of anilines is 2. The first kappa shape index (κ1) is 17.9. The molecule has 1 aliphatic rings. The number of phenolic OH excluding ortho intramolecular Hbond substituents is 1. The molecule has 0 spiro atoms. The summed E-state index contributed by atoms with van der Waals surface area (Å²) in [4.78, 5) is 14.7. The smallest absolute Gasteiger partial charge is 0.262 e. The molecule has 3 aromatic carbocycles. The number of rotatable bonds is 4. The lowest BCUT2D eigenvalue weighted by molar-refractivity contribution is 0.0974. The number of halogens is 1. The van der Waals surface area contributed by atoms with Gasteiger partial charge in [0.1, 0.15) is 12.0 Å². The van der Waals surface area contributed by atoms with Crippen LogP contribution in [0, 0.1) is 5.82 Å². The van der Waals surface area contributed by atoms with Gasteiger partial charge in [-0.05, 0) is 48.9 Å². The van der Waals surface area contributed by atoms with Crippen LogP contribution >= 0.6 is 0 Å². The molecular formula is C22H19FN2O3. The summed E-state index contributed by atoms with van der Waals surface area (Å²) >= 11 is 0. The number of carbonyl (C=O) groups excluding carboxylic acids is 1. The molecule has 5 nitrogen and oxygen atoms in total. The molecule has 0 radical (unpaired) electrons. The van der Waals surface area contributed by atoms with Crippen LogP contribution in [0.15, 0.2) is 66.7 Å². The monoisotopic (exact) mass is 378 g/mol. The van der Waals surface area contributed by atoms with Crippen LogP contribution in [-0.2, 0) is 0 Å². The number of phenols is 1. The first-order chi connectivity index (χ1) is 13.6. The maximum Gasteiger partial charge on any atom is 0.262 e. The van der Waals surface area contributed by atoms with Crippen molar-refractivity contribution < 1.29 is 19.0 Å². The van der Waals surface area contributed by atoms with Crippen molar-refractivity contribution in [3.05, 3.63) is 83.7 Å². The fourth-order valence-corrected chi connectivity index (χ4v) is 3.35. The van der Waals surface area contributed by atoms with Gasteiger partial charge in [-0.25, -0.2) is 4.39 Å². The van der Waals surface area contributed by atoms with Crippen molar-refractivity contribution in [1.82, 2.24) is 0 Å². The van der Waals surface area contributed by atoms with Crippen molar-refractivity contribution in [2.75, 3.05) is 16.8 Å². The van der Waals surface area contributed by atoms with Crippen molar-refractivity contribution in [2.24, 2.45) is 0 Å². The van der Waals surface area contributed by atoms with E-state index in [-0.39, 0.29) is 17.3 Å². The molecule has 0 saturated carbocycles. The molecule has 1 aliphatic heterocycles. The van der Waals surface area contributed by atoms with Gasteiger partial charge in [-0.3, -0.25) is 9.69 Å². The van der Waals surface area contributed by atoms with Crippen LogP contribution in [0.3, 0.4) is 0 Å². The Morgan fingerprint density at radius 3 is 2.64 bits per heavy atom. The van der Waals surface area contributed by atoms with Gasteiger partial charge in [0.15, 0.2) is 11.5 Å². The van der Waals surface area contributed by atoms with Crippen LogP contribution in [0.4, 0.5) is 15.8 Å². The van der Waals surface area contributed by atoms with Gasteiger partial charge in [0.25, 0.3) is 5.91 Å². The van der Waals surface area contributed by atoms with Crippen molar-refractivity contribution in [3.8, 4) is 11.5 Å². The molecule has 1 amide bonds. The molecule has 4 rings (SSSR count). The van der Waals surface area contributed by atoms with E-state index in [0.29, 0.717) is 29.2 Å². The van der Waals surface area contributed by atoms with Crippen LogP contribution in [0.25, 0.3) is 0 Å². The number of fused-ring (bicyclic) bond motifs is 1. The fourth-order valence-electron chi connectivity index (χ4n) is 3.35. The van der Waals surface area contributed by atoms with Gasteiger partial charge in [-0.2, -0.15) is 0 Å². The van der Waals surface area contributed by atoms with Crippen LogP contribution in [0.2, 0.25) is 0 Å². The molecule has 0 fully saturated rings. The van der Waals surface area contributed by atoms with Crippen molar-refractivity contribution >= 4 is 17.3 Å². The molecule has 0 saturated heterocycles. The van der Waals surface area contributed by atoms with Gasteiger partial charge in [0.05, 0.1) is 17.9 Å². The lowest BCUT2D eigenvalue weighted by Gasteiger charge is -2.38. The van der Waals surface area contributed by atoms with Crippen molar-refractivity contribution in [1.29, 1.82) is 0 Å². The van der Waals surface area contributed by atoms with Gasteiger partial charge in [-0.1, -0.05) is 30.3 Å². The first-order valence-electron chi connectivity index (χ1n) is 8.99. The maximum atomic E-state index is 14.6. The predicted octanol–water partition coefficient (Wildman–Crippen LogP) is 4.70.